The maximum atomic E-state index is 10.4. The Morgan fingerprint density at radius 1 is 0.771 bits per heavy atom. The van der Waals surface area contributed by atoms with E-state index in [1.165, 1.54) is 33.4 Å². The minimum absolute atomic E-state index is 0. The number of thioether (sulfide) groups is 1. The van der Waals surface area contributed by atoms with E-state index >= 15 is 0 Å². The molecule has 5 unspecified atom stereocenters. The third-order valence-electron chi connectivity index (χ3n) is 10.7. The summed E-state index contributed by atoms with van der Waals surface area (Å²) in [5.41, 5.74) is 12.0. The number of para-hydroxylation sites is 1. The first kappa shape index (κ1) is 40.9. The van der Waals surface area contributed by atoms with Crippen LogP contribution in [0.25, 0.3) is 10.3 Å². The van der Waals surface area contributed by atoms with Crippen molar-refractivity contribution >= 4 is 46.8 Å². The summed E-state index contributed by atoms with van der Waals surface area (Å²) in [5, 5.41) is 11.2. The third-order valence-corrected chi connectivity index (χ3v) is 12.5. The van der Waals surface area contributed by atoms with E-state index < -0.39 is 17.0 Å². The molecular formula is C42H56Cl2N2STi-2. The molecule has 48 heavy (non-hydrogen) atoms. The molecule has 0 radical (unpaired) electrons. The van der Waals surface area contributed by atoms with Gasteiger partial charge < -0.3 is 17.7 Å². The predicted molar refractivity (Wildman–Crippen MR) is 213 cm³/mol. The Bertz CT molecular complexity index is 1580. The number of aryl methyl sites for hydroxylation is 2. The molecule has 5 atom stereocenters. The molecular weight excluding hydrogens is 683 g/mol. The summed E-state index contributed by atoms with van der Waals surface area (Å²) in [4.78, 5) is 3.57. The number of hydrogen-bond donors (Lipinski definition) is 0. The first-order chi connectivity index (χ1) is 21.9. The molecule has 1 saturated carbocycles. The molecule has 1 fully saturated rings. The first-order valence-corrected chi connectivity index (χ1v) is 22.1. The van der Waals surface area contributed by atoms with Crippen LogP contribution in [0.3, 0.4) is 0 Å². The molecule has 0 N–H and O–H groups in total. The Labute approximate surface area is 314 Å². The van der Waals surface area contributed by atoms with Gasteiger partial charge in [-0.2, -0.15) is 0 Å². The standard InChI is InChI=1S/C25H38S.C16H15N2.CH3.2ClH.Ti/c1-14-15(2)21-17(4)22(26-23(21)16(14)3)18-11-19(24(5,6)7)13-20(12-18)25(8,9)10;1-11-6-5-7-12(2)15(11)18-10-13-8-3-4-9-14(13)16(18)17;;;;/h11-16,21,23H,1-10H3;3-9H,10H2,1-2H3;1H3;2*1H;/q;2*-1;;;+2/p-2. The number of allylic oxidation sites excluding steroid dienone is 1. The van der Waals surface area contributed by atoms with Crippen LogP contribution in [0.5, 0.6) is 0 Å². The maximum absolute atomic E-state index is 10.4. The Kier molecular flexibility index (Phi) is 13.9. The van der Waals surface area contributed by atoms with Gasteiger partial charge in [-0.05, 0) is 106 Å². The van der Waals surface area contributed by atoms with Gasteiger partial charge in [0.1, 0.15) is 0 Å². The van der Waals surface area contributed by atoms with Crippen LogP contribution in [0.15, 0.2) is 66.2 Å². The van der Waals surface area contributed by atoms with E-state index in [0.717, 1.165) is 46.7 Å². The number of fused-ring (bicyclic) bond motifs is 2. The first-order valence-electron chi connectivity index (χ1n) is 16.9. The van der Waals surface area contributed by atoms with Crippen LogP contribution in [0.4, 0.5) is 5.69 Å². The second-order valence-electron chi connectivity index (χ2n) is 15.9. The van der Waals surface area contributed by atoms with Gasteiger partial charge in [0, 0.05) is 10.2 Å². The number of halogens is 2. The van der Waals surface area contributed by atoms with E-state index in [9.17, 15) is 5.41 Å². The summed E-state index contributed by atoms with van der Waals surface area (Å²) in [6.45, 7) is 28.7. The van der Waals surface area contributed by atoms with Crippen LogP contribution in [-0.4, -0.2) is 11.1 Å². The number of hydrogen-bond acceptors (Lipinski definition) is 1. The summed E-state index contributed by atoms with van der Waals surface area (Å²) in [6.07, 6.45) is 0. The summed E-state index contributed by atoms with van der Waals surface area (Å²) >= 11 is 1.62. The molecule has 0 amide bonds. The Hall–Kier alpha value is -1.49. The fourth-order valence-corrected chi connectivity index (χ4v) is 9.45. The van der Waals surface area contributed by atoms with Crippen LogP contribution >= 0.6 is 30.4 Å². The van der Waals surface area contributed by atoms with Crippen molar-refractivity contribution in [3.8, 4) is 0 Å². The zero-order valence-electron chi connectivity index (χ0n) is 31.4. The molecule has 2 heterocycles. The molecule has 3 aromatic carbocycles. The van der Waals surface area contributed by atoms with Gasteiger partial charge in [0.05, 0.1) is 0 Å². The Morgan fingerprint density at radius 2 is 1.29 bits per heavy atom. The van der Waals surface area contributed by atoms with Crippen molar-refractivity contribution in [3.05, 3.63) is 118 Å². The van der Waals surface area contributed by atoms with E-state index in [0.29, 0.717) is 5.84 Å². The van der Waals surface area contributed by atoms with E-state index in [1.54, 1.807) is 10.5 Å². The molecule has 0 spiro atoms. The minimum atomic E-state index is -0.556. The van der Waals surface area contributed by atoms with E-state index in [2.05, 4.69) is 137 Å². The summed E-state index contributed by atoms with van der Waals surface area (Å²) in [7, 11) is 9.78. The fraction of sp³-hybridized carbons (Fsp3) is 0.476. The number of amidine groups is 1. The predicted octanol–water partition coefficient (Wildman–Crippen LogP) is 13.1. The number of nitrogens with zero attached hydrogens (tertiary/aromatic N) is 2. The van der Waals surface area contributed by atoms with Gasteiger partial charge in [-0.3, -0.25) is 0 Å². The number of anilines is 1. The van der Waals surface area contributed by atoms with E-state index in [-0.39, 0.29) is 18.3 Å². The normalized spacial score (nSPS) is 23.0. The van der Waals surface area contributed by atoms with Gasteiger partial charge >= 0.3 is 35.6 Å². The van der Waals surface area contributed by atoms with E-state index in [1.807, 2.05) is 23.1 Å². The molecule has 1 aliphatic carbocycles. The SMILES string of the molecule is CC1=C(c2cc(C(C)(C)C)cc(C(C)(C)C)c2)SC2C(C)C(C)C(C)C12.Cc1cccc(C)c1N1Cc2ccccc2C1=[N-].[CH3-].[Cl][Ti][Cl]. The van der Waals surface area contributed by atoms with Crippen LogP contribution < -0.4 is 4.90 Å². The van der Waals surface area contributed by atoms with Crippen molar-refractivity contribution in [3.63, 3.8) is 0 Å². The third kappa shape index (κ3) is 8.51. The fourth-order valence-electron chi connectivity index (χ4n) is 7.54. The van der Waals surface area contributed by atoms with Gasteiger partial charge in [0.2, 0.25) is 0 Å². The molecule has 6 heteroatoms. The van der Waals surface area contributed by atoms with Gasteiger partial charge in [-0.15, -0.1) is 11.8 Å². The van der Waals surface area contributed by atoms with Gasteiger partial charge in [0.15, 0.2) is 0 Å². The van der Waals surface area contributed by atoms with Gasteiger partial charge in [-0.25, -0.2) is 0 Å². The van der Waals surface area contributed by atoms with Crippen molar-refractivity contribution in [2.24, 2.45) is 23.7 Å². The second kappa shape index (κ2) is 16.2. The van der Waals surface area contributed by atoms with Gasteiger partial charge in [0.25, 0.3) is 0 Å². The molecule has 6 rings (SSSR count). The zero-order chi connectivity index (χ0) is 35.0. The molecule has 3 aliphatic rings. The van der Waals surface area contributed by atoms with Crippen molar-refractivity contribution in [2.45, 2.75) is 106 Å². The Morgan fingerprint density at radius 3 is 1.77 bits per heavy atom. The number of rotatable bonds is 2. The molecule has 0 aromatic heterocycles. The van der Waals surface area contributed by atoms with Crippen molar-refractivity contribution < 1.29 is 17.0 Å². The van der Waals surface area contributed by atoms with Gasteiger partial charge in [-0.1, -0.05) is 134 Å². The molecule has 260 valence electrons. The molecule has 3 aromatic rings. The molecule has 0 bridgehead atoms. The molecule has 0 saturated heterocycles. The van der Waals surface area contributed by atoms with Crippen LogP contribution in [0.1, 0.15) is 108 Å². The summed E-state index contributed by atoms with van der Waals surface area (Å²) in [5.74, 6) is 3.56. The Balaban J connectivity index is 0.000000248. The molecule has 2 nitrogen and oxygen atoms in total. The number of benzene rings is 3. The summed E-state index contributed by atoms with van der Waals surface area (Å²) < 4.78 is 0. The second-order valence-corrected chi connectivity index (χ2v) is 19.6. The van der Waals surface area contributed by atoms with Crippen molar-refractivity contribution in [1.29, 1.82) is 0 Å². The summed E-state index contributed by atoms with van der Waals surface area (Å²) in [6, 6.07) is 21.6. The quantitative estimate of drug-likeness (QED) is 0.193. The zero-order valence-corrected chi connectivity index (χ0v) is 35.3. The monoisotopic (exact) mass is 738 g/mol. The van der Waals surface area contributed by atoms with Crippen LogP contribution in [0, 0.1) is 44.9 Å². The topological polar surface area (TPSA) is 25.5 Å². The average Bonchev–Trinajstić information content (AvgIpc) is 3.59. The van der Waals surface area contributed by atoms with Crippen LogP contribution in [-0.2, 0) is 34.4 Å². The average molecular weight is 740 g/mol. The van der Waals surface area contributed by atoms with Crippen LogP contribution in [0.2, 0.25) is 0 Å². The van der Waals surface area contributed by atoms with Crippen molar-refractivity contribution in [1.82, 2.24) is 0 Å². The van der Waals surface area contributed by atoms with E-state index in [4.69, 9.17) is 18.6 Å². The van der Waals surface area contributed by atoms with Crippen molar-refractivity contribution in [2.75, 3.05) is 4.90 Å². The molecule has 2 aliphatic heterocycles.